The molecular weight excluding hydrogens is 192 g/mol. The molecule has 0 nitrogen and oxygen atoms in total. The first kappa shape index (κ1) is 9.41. The zero-order chi connectivity index (χ0) is 10.8. The van der Waals surface area contributed by atoms with Gasteiger partial charge in [0.25, 0.3) is 0 Å². The average molecular weight is 206 g/mol. The smallest absolute Gasteiger partial charge is 0.0109 e. The molecule has 16 heavy (non-hydrogen) atoms. The van der Waals surface area contributed by atoms with Crippen molar-refractivity contribution in [2.24, 2.45) is 0 Å². The SMILES string of the molecule is C1=CCCC2=CC=Cc3ccccc3C2=C1. The van der Waals surface area contributed by atoms with Crippen molar-refractivity contribution in [3.05, 3.63) is 71.3 Å². The Kier molecular flexibility index (Phi) is 2.34. The Balaban J connectivity index is 2.21. The van der Waals surface area contributed by atoms with E-state index in [4.69, 9.17) is 0 Å². The zero-order valence-corrected chi connectivity index (χ0v) is 9.19. The van der Waals surface area contributed by atoms with Crippen LogP contribution >= 0.6 is 0 Å². The lowest BCUT2D eigenvalue weighted by Gasteiger charge is -2.11. The minimum absolute atomic E-state index is 1.14. The number of benzene rings is 1. The number of rotatable bonds is 0. The standard InChI is InChI=1S/C16H14/c1-2-7-13-9-6-10-14-8-4-5-12-16(14)15(13)11-3-1/h1,3-6,8-12H,2,7H2. The lowest BCUT2D eigenvalue weighted by molar-refractivity contribution is 1.02. The molecule has 0 spiro atoms. The molecule has 0 saturated heterocycles. The highest BCUT2D eigenvalue weighted by Crippen LogP contribution is 2.33. The van der Waals surface area contributed by atoms with Crippen LogP contribution in [0.5, 0.6) is 0 Å². The summed E-state index contributed by atoms with van der Waals surface area (Å²) >= 11 is 0. The van der Waals surface area contributed by atoms with Gasteiger partial charge in [-0.05, 0) is 35.1 Å². The fourth-order valence-corrected chi connectivity index (χ4v) is 2.33. The first-order valence-electron chi connectivity index (χ1n) is 5.79. The van der Waals surface area contributed by atoms with Crippen molar-refractivity contribution in [2.75, 3.05) is 0 Å². The van der Waals surface area contributed by atoms with Crippen molar-refractivity contribution >= 4 is 11.6 Å². The molecule has 2 aliphatic rings. The van der Waals surface area contributed by atoms with Crippen molar-refractivity contribution in [2.45, 2.75) is 12.8 Å². The molecule has 0 saturated carbocycles. The van der Waals surface area contributed by atoms with Gasteiger partial charge in [-0.1, -0.05) is 60.7 Å². The summed E-state index contributed by atoms with van der Waals surface area (Å²) < 4.78 is 0. The minimum Gasteiger partial charge on any atom is -0.0842 e. The fourth-order valence-electron chi connectivity index (χ4n) is 2.33. The van der Waals surface area contributed by atoms with Crippen LogP contribution in [0.4, 0.5) is 0 Å². The van der Waals surface area contributed by atoms with E-state index in [9.17, 15) is 0 Å². The monoisotopic (exact) mass is 206 g/mol. The summed E-state index contributed by atoms with van der Waals surface area (Å²) in [5.41, 5.74) is 5.50. The molecule has 0 unspecified atom stereocenters. The molecule has 0 N–H and O–H groups in total. The molecule has 2 aliphatic carbocycles. The molecule has 78 valence electrons. The van der Waals surface area contributed by atoms with Gasteiger partial charge in [0.2, 0.25) is 0 Å². The van der Waals surface area contributed by atoms with Crippen molar-refractivity contribution in [1.82, 2.24) is 0 Å². The van der Waals surface area contributed by atoms with Gasteiger partial charge in [0.05, 0.1) is 0 Å². The van der Waals surface area contributed by atoms with Gasteiger partial charge in [-0.25, -0.2) is 0 Å². The third-order valence-corrected chi connectivity index (χ3v) is 3.15. The first-order valence-corrected chi connectivity index (χ1v) is 5.79. The van der Waals surface area contributed by atoms with Crippen molar-refractivity contribution < 1.29 is 0 Å². The molecule has 0 aromatic heterocycles. The Labute approximate surface area is 96.3 Å². The summed E-state index contributed by atoms with van der Waals surface area (Å²) in [6.45, 7) is 0. The van der Waals surface area contributed by atoms with E-state index in [2.05, 4.69) is 60.7 Å². The van der Waals surface area contributed by atoms with Crippen LogP contribution in [0, 0.1) is 0 Å². The quantitative estimate of drug-likeness (QED) is 0.591. The molecule has 1 aromatic rings. The molecule has 0 bridgehead atoms. The van der Waals surface area contributed by atoms with E-state index in [0.29, 0.717) is 0 Å². The van der Waals surface area contributed by atoms with Crippen molar-refractivity contribution in [3.63, 3.8) is 0 Å². The van der Waals surface area contributed by atoms with Gasteiger partial charge < -0.3 is 0 Å². The largest absolute Gasteiger partial charge is 0.0842 e. The second kappa shape index (κ2) is 3.97. The van der Waals surface area contributed by atoms with E-state index in [0.717, 1.165) is 12.8 Å². The summed E-state index contributed by atoms with van der Waals surface area (Å²) in [6, 6.07) is 8.61. The Morgan fingerprint density at radius 3 is 2.88 bits per heavy atom. The molecule has 3 rings (SSSR count). The molecular formula is C16H14. The van der Waals surface area contributed by atoms with Crippen LogP contribution in [0.15, 0.2) is 60.2 Å². The van der Waals surface area contributed by atoms with E-state index in [1.54, 1.807) is 0 Å². The van der Waals surface area contributed by atoms with Crippen LogP contribution in [-0.4, -0.2) is 0 Å². The molecule has 0 amide bonds. The Morgan fingerprint density at radius 2 is 1.88 bits per heavy atom. The van der Waals surface area contributed by atoms with Crippen LogP contribution < -0.4 is 0 Å². The molecule has 0 aliphatic heterocycles. The predicted molar refractivity (Wildman–Crippen MR) is 69.9 cm³/mol. The van der Waals surface area contributed by atoms with E-state index < -0.39 is 0 Å². The lowest BCUT2D eigenvalue weighted by Crippen LogP contribution is -1.90. The molecule has 0 heteroatoms. The first-order chi connectivity index (χ1) is 7.95. The van der Waals surface area contributed by atoms with E-state index in [1.165, 1.54) is 22.3 Å². The summed E-state index contributed by atoms with van der Waals surface area (Å²) in [6.07, 6.45) is 15.6. The lowest BCUT2D eigenvalue weighted by atomic mass is 9.93. The highest BCUT2D eigenvalue weighted by atomic mass is 14.2. The highest BCUT2D eigenvalue weighted by Gasteiger charge is 2.12. The summed E-state index contributed by atoms with van der Waals surface area (Å²) in [5, 5.41) is 0. The molecule has 0 atom stereocenters. The normalized spacial score (nSPS) is 17.8. The maximum absolute atomic E-state index is 2.25. The second-order valence-corrected chi connectivity index (χ2v) is 4.19. The van der Waals surface area contributed by atoms with Crippen molar-refractivity contribution in [3.8, 4) is 0 Å². The number of fused-ring (bicyclic) bond motifs is 3. The second-order valence-electron chi connectivity index (χ2n) is 4.19. The average Bonchev–Trinajstić information content (AvgIpc) is 2.62. The molecule has 0 heterocycles. The minimum atomic E-state index is 1.14. The maximum atomic E-state index is 2.25. The van der Waals surface area contributed by atoms with Gasteiger partial charge in [-0.15, -0.1) is 0 Å². The van der Waals surface area contributed by atoms with Crippen LogP contribution in [0.1, 0.15) is 24.0 Å². The van der Waals surface area contributed by atoms with Gasteiger partial charge in [0.15, 0.2) is 0 Å². The van der Waals surface area contributed by atoms with Gasteiger partial charge in [-0.2, -0.15) is 0 Å². The van der Waals surface area contributed by atoms with E-state index in [-0.39, 0.29) is 0 Å². The van der Waals surface area contributed by atoms with Gasteiger partial charge in [0, 0.05) is 0 Å². The molecule has 1 aromatic carbocycles. The maximum Gasteiger partial charge on any atom is -0.0109 e. The summed E-state index contributed by atoms with van der Waals surface area (Å²) in [4.78, 5) is 0. The topological polar surface area (TPSA) is 0 Å². The Morgan fingerprint density at radius 1 is 0.938 bits per heavy atom. The van der Waals surface area contributed by atoms with Crippen LogP contribution in [-0.2, 0) is 0 Å². The number of allylic oxidation sites excluding steroid dienone is 7. The zero-order valence-electron chi connectivity index (χ0n) is 9.19. The van der Waals surface area contributed by atoms with Gasteiger partial charge in [-0.3, -0.25) is 0 Å². The summed E-state index contributed by atoms with van der Waals surface area (Å²) in [5.74, 6) is 0. The van der Waals surface area contributed by atoms with Gasteiger partial charge in [0.1, 0.15) is 0 Å². The van der Waals surface area contributed by atoms with Crippen LogP contribution in [0.25, 0.3) is 11.6 Å². The number of hydrogen-bond acceptors (Lipinski definition) is 0. The van der Waals surface area contributed by atoms with Crippen LogP contribution in [0.2, 0.25) is 0 Å². The molecule has 0 radical (unpaired) electrons. The Bertz CT molecular complexity index is 525. The van der Waals surface area contributed by atoms with Crippen LogP contribution in [0.3, 0.4) is 0 Å². The van der Waals surface area contributed by atoms with Gasteiger partial charge >= 0.3 is 0 Å². The number of hydrogen-bond donors (Lipinski definition) is 0. The van der Waals surface area contributed by atoms with E-state index >= 15 is 0 Å². The fraction of sp³-hybridized carbons (Fsp3) is 0.125. The Hall–Kier alpha value is -1.82. The third kappa shape index (κ3) is 1.57. The van der Waals surface area contributed by atoms with E-state index in [1.807, 2.05) is 0 Å². The highest BCUT2D eigenvalue weighted by molar-refractivity contribution is 5.87. The predicted octanol–water partition coefficient (Wildman–Crippen LogP) is 4.37. The molecule has 0 fully saturated rings. The summed E-state index contributed by atoms with van der Waals surface area (Å²) in [7, 11) is 0. The van der Waals surface area contributed by atoms with Crippen molar-refractivity contribution in [1.29, 1.82) is 0 Å². The third-order valence-electron chi connectivity index (χ3n) is 3.15.